The van der Waals surface area contributed by atoms with Crippen LogP contribution in [-0.2, 0) is 19.2 Å². The lowest BCUT2D eigenvalue weighted by Crippen LogP contribution is -2.58. The summed E-state index contributed by atoms with van der Waals surface area (Å²) in [6.07, 6.45) is 2.36. The second kappa shape index (κ2) is 12.0. The third-order valence-corrected chi connectivity index (χ3v) is 8.99. The molecule has 1 aromatic rings. The fourth-order valence-electron chi connectivity index (χ4n) is 6.41. The summed E-state index contributed by atoms with van der Waals surface area (Å²) < 4.78 is 45.7. The minimum Gasteiger partial charge on any atom is -0.472 e. The minimum atomic E-state index is -5.18. The Hall–Kier alpha value is -3.89. The summed E-state index contributed by atoms with van der Waals surface area (Å²) in [5.74, 6) is -3.56. The number of aromatic nitrogens is 1. The average molecular weight is 605 g/mol. The van der Waals surface area contributed by atoms with E-state index in [1.807, 2.05) is 5.32 Å². The number of likely N-dealkylation sites (tertiary alicyclic amines) is 1. The van der Waals surface area contributed by atoms with Crippen LogP contribution in [0.25, 0.3) is 0 Å². The van der Waals surface area contributed by atoms with Crippen LogP contribution in [0.15, 0.2) is 18.3 Å². The molecule has 1 aromatic heterocycles. The van der Waals surface area contributed by atoms with Crippen molar-refractivity contribution in [2.75, 3.05) is 18.9 Å². The molecule has 2 aliphatic carbocycles. The Morgan fingerprint density at radius 3 is 2.56 bits per heavy atom. The SMILES string of the molecule is CN(C(=O)[C@@H](CC1CCCCC1)NC(=O)C(F)(F)F)[C@@H](CC1CC1)C(=O)N1C[C@@]2(C[C@H]1C#N)Oc1cccnc1NC2=O. The van der Waals surface area contributed by atoms with Gasteiger partial charge in [0.2, 0.25) is 17.4 Å². The van der Waals surface area contributed by atoms with Crippen molar-refractivity contribution in [1.82, 2.24) is 20.1 Å². The number of halogens is 3. The third kappa shape index (κ3) is 6.55. The molecule has 0 bridgehead atoms. The molecule has 3 fully saturated rings. The van der Waals surface area contributed by atoms with Crippen LogP contribution in [0.4, 0.5) is 19.0 Å². The normalized spacial score (nSPS) is 25.1. The lowest BCUT2D eigenvalue weighted by molar-refractivity contribution is -0.175. The van der Waals surface area contributed by atoms with Crippen molar-refractivity contribution in [2.24, 2.45) is 11.8 Å². The maximum absolute atomic E-state index is 14.1. The van der Waals surface area contributed by atoms with Crippen LogP contribution in [-0.4, -0.2) is 81.9 Å². The molecule has 1 spiro atoms. The van der Waals surface area contributed by atoms with Gasteiger partial charge in [-0.05, 0) is 36.8 Å². The molecule has 0 unspecified atom stereocenters. The van der Waals surface area contributed by atoms with E-state index in [9.17, 15) is 37.6 Å². The number of amides is 4. The van der Waals surface area contributed by atoms with Crippen molar-refractivity contribution in [3.63, 3.8) is 0 Å². The standard InChI is InChI=1S/C29H35F3N6O5/c1-37(24(39)20(35-27(42)29(30,31)32)12-17-6-3-2-4-7-17)21(13-18-9-10-18)25(40)38-16-28(14-19(38)15-33)26(41)36-23-22(43-28)8-5-11-34-23/h5,8,11,17-21H,2-4,6-7,9-10,12-14,16H2,1H3,(H,35,42)(H,34,36,41)/t19-,20+,21-,28+/m0/s1. The fourth-order valence-corrected chi connectivity index (χ4v) is 6.41. The fraction of sp³-hybridized carbons (Fsp3) is 0.655. The zero-order chi connectivity index (χ0) is 30.9. The lowest BCUT2D eigenvalue weighted by Gasteiger charge is -2.36. The van der Waals surface area contributed by atoms with Gasteiger partial charge in [0.25, 0.3) is 5.91 Å². The molecule has 3 heterocycles. The van der Waals surface area contributed by atoms with Gasteiger partial charge in [-0.3, -0.25) is 19.2 Å². The van der Waals surface area contributed by atoms with Gasteiger partial charge in [-0.25, -0.2) is 4.98 Å². The molecule has 11 nitrogen and oxygen atoms in total. The second-order valence-electron chi connectivity index (χ2n) is 12.1. The summed E-state index contributed by atoms with van der Waals surface area (Å²) in [4.78, 5) is 59.4. The number of alkyl halides is 3. The van der Waals surface area contributed by atoms with E-state index < -0.39 is 53.5 Å². The first-order valence-corrected chi connectivity index (χ1v) is 14.7. The van der Waals surface area contributed by atoms with E-state index in [-0.39, 0.29) is 43.5 Å². The van der Waals surface area contributed by atoms with E-state index in [2.05, 4.69) is 16.4 Å². The van der Waals surface area contributed by atoms with Crippen molar-refractivity contribution < 1.29 is 37.1 Å². The minimum absolute atomic E-state index is 0.0322. The molecular formula is C29H35F3N6O5. The van der Waals surface area contributed by atoms with E-state index in [0.717, 1.165) is 49.8 Å². The second-order valence-corrected chi connectivity index (χ2v) is 12.1. The van der Waals surface area contributed by atoms with Crippen molar-refractivity contribution in [2.45, 2.75) is 94.1 Å². The van der Waals surface area contributed by atoms with E-state index in [0.29, 0.717) is 5.75 Å². The number of carbonyl (C=O) groups is 4. The van der Waals surface area contributed by atoms with Crippen molar-refractivity contribution >= 4 is 29.4 Å². The number of hydrogen-bond acceptors (Lipinski definition) is 7. The number of nitriles is 1. The van der Waals surface area contributed by atoms with E-state index in [1.165, 1.54) is 18.1 Å². The predicted octanol–water partition coefficient (Wildman–Crippen LogP) is 2.92. The first kappa shape index (κ1) is 30.6. The van der Waals surface area contributed by atoms with Gasteiger partial charge in [0.1, 0.15) is 18.1 Å². The van der Waals surface area contributed by atoms with Crippen LogP contribution in [0.1, 0.15) is 64.2 Å². The van der Waals surface area contributed by atoms with Crippen LogP contribution in [0.3, 0.4) is 0 Å². The average Bonchev–Trinajstić information content (AvgIpc) is 3.73. The topological polar surface area (TPSA) is 145 Å². The van der Waals surface area contributed by atoms with E-state index in [4.69, 9.17) is 4.74 Å². The maximum atomic E-state index is 14.1. The summed E-state index contributed by atoms with van der Waals surface area (Å²) in [6.45, 7) is -0.260. The summed E-state index contributed by atoms with van der Waals surface area (Å²) in [5, 5.41) is 14.5. The van der Waals surface area contributed by atoms with Crippen molar-refractivity contribution in [3.8, 4) is 11.8 Å². The Labute approximate surface area is 247 Å². The number of likely N-dealkylation sites (N-methyl/N-ethyl adjacent to an activating group) is 1. The van der Waals surface area contributed by atoms with Crippen LogP contribution in [0, 0.1) is 23.2 Å². The summed E-state index contributed by atoms with van der Waals surface area (Å²) in [5.41, 5.74) is -1.55. The number of hydrogen-bond donors (Lipinski definition) is 2. The van der Waals surface area contributed by atoms with Gasteiger partial charge in [-0.15, -0.1) is 0 Å². The van der Waals surface area contributed by atoms with Gasteiger partial charge in [0.05, 0.1) is 12.6 Å². The number of nitrogens with zero attached hydrogens (tertiary/aromatic N) is 4. The summed E-state index contributed by atoms with van der Waals surface area (Å²) >= 11 is 0. The monoisotopic (exact) mass is 604 g/mol. The highest BCUT2D eigenvalue weighted by atomic mass is 19.4. The van der Waals surface area contributed by atoms with E-state index >= 15 is 0 Å². The van der Waals surface area contributed by atoms with Gasteiger partial charge in [0.15, 0.2) is 11.6 Å². The first-order chi connectivity index (χ1) is 20.4. The third-order valence-electron chi connectivity index (χ3n) is 8.99. The number of nitrogens with one attached hydrogen (secondary N) is 2. The highest BCUT2D eigenvalue weighted by Crippen LogP contribution is 2.41. The molecule has 14 heteroatoms. The highest BCUT2D eigenvalue weighted by Gasteiger charge is 2.57. The molecule has 2 N–H and O–H groups in total. The molecular weight excluding hydrogens is 569 g/mol. The Kier molecular flexibility index (Phi) is 8.54. The first-order valence-electron chi connectivity index (χ1n) is 14.7. The lowest BCUT2D eigenvalue weighted by atomic mass is 9.84. The Morgan fingerprint density at radius 1 is 1.21 bits per heavy atom. The molecule has 4 aliphatic rings. The van der Waals surface area contributed by atoms with Crippen LogP contribution in [0.2, 0.25) is 0 Å². The Morgan fingerprint density at radius 2 is 1.91 bits per heavy atom. The molecule has 232 valence electrons. The van der Waals surface area contributed by atoms with Crippen molar-refractivity contribution in [1.29, 1.82) is 5.26 Å². The maximum Gasteiger partial charge on any atom is 0.471 e. The Balaban J connectivity index is 1.38. The van der Waals surface area contributed by atoms with E-state index in [1.54, 1.807) is 12.1 Å². The van der Waals surface area contributed by atoms with Crippen LogP contribution >= 0.6 is 0 Å². The summed E-state index contributed by atoms with van der Waals surface area (Å²) in [7, 11) is 1.35. The zero-order valence-electron chi connectivity index (χ0n) is 23.9. The smallest absolute Gasteiger partial charge is 0.471 e. The van der Waals surface area contributed by atoms with Crippen LogP contribution < -0.4 is 15.4 Å². The number of anilines is 1. The van der Waals surface area contributed by atoms with Gasteiger partial charge >= 0.3 is 12.1 Å². The zero-order valence-corrected chi connectivity index (χ0v) is 23.9. The molecule has 0 aromatic carbocycles. The van der Waals surface area contributed by atoms with Crippen molar-refractivity contribution in [3.05, 3.63) is 18.3 Å². The van der Waals surface area contributed by atoms with Crippen LogP contribution in [0.5, 0.6) is 5.75 Å². The Bertz CT molecular complexity index is 1310. The molecule has 2 saturated carbocycles. The molecule has 5 rings (SSSR count). The number of pyridine rings is 1. The van der Waals surface area contributed by atoms with Gasteiger partial charge in [-0.2, -0.15) is 18.4 Å². The number of rotatable bonds is 8. The predicted molar refractivity (Wildman–Crippen MR) is 145 cm³/mol. The molecule has 43 heavy (non-hydrogen) atoms. The quantitative estimate of drug-likeness (QED) is 0.464. The highest BCUT2D eigenvalue weighted by molar-refractivity contribution is 6.01. The molecule has 2 aliphatic heterocycles. The number of fused-ring (bicyclic) bond motifs is 1. The largest absolute Gasteiger partial charge is 0.472 e. The molecule has 1 saturated heterocycles. The summed E-state index contributed by atoms with van der Waals surface area (Å²) in [6, 6.07) is 1.67. The number of carbonyl (C=O) groups excluding carboxylic acids is 4. The van der Waals surface area contributed by atoms with Gasteiger partial charge in [-0.1, -0.05) is 44.9 Å². The van der Waals surface area contributed by atoms with Gasteiger partial charge in [0, 0.05) is 19.7 Å². The molecule has 4 amide bonds. The molecule has 4 atom stereocenters. The molecule has 0 radical (unpaired) electrons. The van der Waals surface area contributed by atoms with Gasteiger partial charge < -0.3 is 25.2 Å². The number of ether oxygens (including phenoxy) is 1.